The highest BCUT2D eigenvalue weighted by atomic mass is 16.5. The Balaban J connectivity index is 1.18. The lowest BCUT2D eigenvalue weighted by Crippen LogP contribution is -2.61. The summed E-state index contributed by atoms with van der Waals surface area (Å²) in [7, 11) is 0. The van der Waals surface area contributed by atoms with Gasteiger partial charge in [0.25, 0.3) is 0 Å². The fourth-order valence-corrected chi connectivity index (χ4v) is 3.79. The van der Waals surface area contributed by atoms with Crippen molar-refractivity contribution in [2.45, 2.75) is 56.4 Å². The van der Waals surface area contributed by atoms with Crippen molar-refractivity contribution in [3.05, 3.63) is 23.4 Å². The second-order valence-electron chi connectivity index (χ2n) is 7.77. The first kappa shape index (κ1) is 15.1. The highest BCUT2D eigenvalue weighted by Gasteiger charge is 2.43. The summed E-state index contributed by atoms with van der Waals surface area (Å²) < 4.78 is 5.39. The zero-order valence-electron chi connectivity index (χ0n) is 14.2. The second kappa shape index (κ2) is 5.68. The quantitative estimate of drug-likeness (QED) is 0.776. The number of allylic oxidation sites excluding steroid dienone is 1. The maximum atomic E-state index is 12.4. The molecule has 2 aliphatic carbocycles. The molecule has 25 heavy (non-hydrogen) atoms. The molecular weight excluding hydrogens is 320 g/mol. The van der Waals surface area contributed by atoms with Crippen molar-refractivity contribution in [2.24, 2.45) is 0 Å². The standard InChI is InChI=1S/C18H22N4O3/c23-15(6-11-2-1-3-11)21-9-14(10-21)22-8-13(7-16(22)24)18-19-17(20-25-18)12-4-5-12/h6,12-14H,1-5,7-10H2. The fraction of sp³-hybridized carbons (Fsp3) is 0.667. The monoisotopic (exact) mass is 342 g/mol. The van der Waals surface area contributed by atoms with E-state index >= 15 is 0 Å². The van der Waals surface area contributed by atoms with Gasteiger partial charge in [-0.3, -0.25) is 9.59 Å². The zero-order valence-corrected chi connectivity index (χ0v) is 14.2. The Bertz CT molecular complexity index is 739. The maximum Gasteiger partial charge on any atom is 0.246 e. The number of nitrogens with zero attached hydrogens (tertiary/aromatic N) is 4. The summed E-state index contributed by atoms with van der Waals surface area (Å²) in [6.07, 6.45) is 7.80. The van der Waals surface area contributed by atoms with Crippen molar-refractivity contribution in [3.8, 4) is 0 Å². The van der Waals surface area contributed by atoms with Crippen molar-refractivity contribution in [1.82, 2.24) is 19.9 Å². The summed E-state index contributed by atoms with van der Waals surface area (Å²) in [5.41, 5.74) is 1.26. The van der Waals surface area contributed by atoms with Crippen molar-refractivity contribution < 1.29 is 14.1 Å². The molecule has 1 aromatic rings. The number of carbonyl (C=O) groups excluding carboxylic acids is 2. The fourth-order valence-electron chi connectivity index (χ4n) is 3.79. The molecule has 0 spiro atoms. The molecule has 7 heteroatoms. The van der Waals surface area contributed by atoms with Crippen molar-refractivity contribution in [2.75, 3.05) is 19.6 Å². The van der Waals surface area contributed by atoms with Gasteiger partial charge < -0.3 is 14.3 Å². The first-order valence-corrected chi connectivity index (χ1v) is 9.28. The van der Waals surface area contributed by atoms with Crippen molar-refractivity contribution in [3.63, 3.8) is 0 Å². The van der Waals surface area contributed by atoms with Crippen LogP contribution in [0.15, 0.2) is 16.2 Å². The number of aromatic nitrogens is 2. The van der Waals surface area contributed by atoms with Gasteiger partial charge in [0.1, 0.15) is 0 Å². The molecule has 4 aliphatic rings. The molecule has 2 amide bonds. The van der Waals surface area contributed by atoms with E-state index < -0.39 is 0 Å². The van der Waals surface area contributed by atoms with Gasteiger partial charge in [0.15, 0.2) is 5.82 Å². The van der Waals surface area contributed by atoms with Crippen molar-refractivity contribution in [1.29, 1.82) is 0 Å². The lowest BCUT2D eigenvalue weighted by atomic mass is 9.92. The average molecular weight is 342 g/mol. The van der Waals surface area contributed by atoms with E-state index in [-0.39, 0.29) is 23.8 Å². The van der Waals surface area contributed by atoms with E-state index in [0.29, 0.717) is 37.9 Å². The van der Waals surface area contributed by atoms with E-state index in [2.05, 4.69) is 10.1 Å². The average Bonchev–Trinajstić information content (AvgIpc) is 3.12. The van der Waals surface area contributed by atoms with Gasteiger partial charge in [-0.15, -0.1) is 0 Å². The minimum atomic E-state index is -0.00524. The zero-order chi connectivity index (χ0) is 17.0. The molecule has 0 bridgehead atoms. The van der Waals surface area contributed by atoms with Gasteiger partial charge in [-0.2, -0.15) is 4.98 Å². The van der Waals surface area contributed by atoms with Crippen LogP contribution in [0.3, 0.4) is 0 Å². The maximum absolute atomic E-state index is 12.4. The van der Waals surface area contributed by atoms with Crippen LogP contribution in [0.1, 0.15) is 62.1 Å². The molecular formula is C18H22N4O3. The van der Waals surface area contributed by atoms with Crippen LogP contribution in [0.4, 0.5) is 0 Å². The summed E-state index contributed by atoms with van der Waals surface area (Å²) in [5, 5.41) is 4.05. The molecule has 5 rings (SSSR count). The Morgan fingerprint density at radius 2 is 1.96 bits per heavy atom. The lowest BCUT2D eigenvalue weighted by molar-refractivity contribution is -0.141. The van der Waals surface area contributed by atoms with E-state index in [9.17, 15) is 9.59 Å². The Morgan fingerprint density at radius 3 is 2.64 bits per heavy atom. The predicted molar refractivity (Wildman–Crippen MR) is 87.6 cm³/mol. The molecule has 2 saturated heterocycles. The highest BCUT2D eigenvalue weighted by Crippen LogP contribution is 2.39. The van der Waals surface area contributed by atoms with Gasteiger partial charge in [-0.05, 0) is 32.1 Å². The smallest absolute Gasteiger partial charge is 0.246 e. The van der Waals surface area contributed by atoms with Crippen LogP contribution < -0.4 is 0 Å². The molecule has 1 aromatic heterocycles. The van der Waals surface area contributed by atoms with Gasteiger partial charge in [0.05, 0.1) is 12.0 Å². The topological polar surface area (TPSA) is 79.5 Å². The molecule has 3 heterocycles. The molecule has 2 aliphatic heterocycles. The van der Waals surface area contributed by atoms with E-state index in [0.717, 1.165) is 31.5 Å². The summed E-state index contributed by atoms with van der Waals surface area (Å²) in [5.74, 6) is 2.08. The highest BCUT2D eigenvalue weighted by molar-refractivity contribution is 5.89. The number of hydrogen-bond acceptors (Lipinski definition) is 5. The number of rotatable bonds is 4. The third-order valence-corrected chi connectivity index (χ3v) is 5.85. The number of likely N-dealkylation sites (tertiary alicyclic amines) is 2. The summed E-state index contributed by atoms with van der Waals surface area (Å²) in [4.78, 5) is 32.7. The third-order valence-electron chi connectivity index (χ3n) is 5.85. The van der Waals surface area contributed by atoms with Crippen LogP contribution >= 0.6 is 0 Å². The number of amides is 2. The predicted octanol–water partition coefficient (Wildman–Crippen LogP) is 1.58. The largest absolute Gasteiger partial charge is 0.339 e. The normalized spacial score (nSPS) is 26.6. The van der Waals surface area contributed by atoms with Crippen molar-refractivity contribution >= 4 is 11.8 Å². The lowest BCUT2D eigenvalue weighted by Gasteiger charge is -2.43. The molecule has 2 saturated carbocycles. The molecule has 7 nitrogen and oxygen atoms in total. The molecule has 0 N–H and O–H groups in total. The van der Waals surface area contributed by atoms with Crippen LogP contribution in [0, 0.1) is 0 Å². The van der Waals surface area contributed by atoms with Gasteiger partial charge in [0.2, 0.25) is 17.7 Å². The van der Waals surface area contributed by atoms with E-state index in [1.54, 1.807) is 6.08 Å². The van der Waals surface area contributed by atoms with Gasteiger partial charge >= 0.3 is 0 Å². The van der Waals surface area contributed by atoms with Gasteiger partial charge in [0, 0.05) is 38.0 Å². The molecule has 0 radical (unpaired) electrons. The minimum absolute atomic E-state index is 0.00524. The van der Waals surface area contributed by atoms with Crippen LogP contribution in [-0.4, -0.2) is 57.4 Å². The van der Waals surface area contributed by atoms with E-state index in [1.807, 2.05) is 9.80 Å². The van der Waals surface area contributed by atoms with Crippen LogP contribution in [0.2, 0.25) is 0 Å². The summed E-state index contributed by atoms with van der Waals surface area (Å²) in [6.45, 7) is 1.90. The summed E-state index contributed by atoms with van der Waals surface area (Å²) >= 11 is 0. The van der Waals surface area contributed by atoms with Gasteiger partial charge in [-0.25, -0.2) is 0 Å². The van der Waals surface area contributed by atoms with Crippen LogP contribution in [0.25, 0.3) is 0 Å². The number of hydrogen-bond donors (Lipinski definition) is 0. The first-order chi connectivity index (χ1) is 12.2. The Kier molecular flexibility index (Phi) is 3.43. The van der Waals surface area contributed by atoms with E-state index in [4.69, 9.17) is 4.52 Å². The Labute approximate surface area is 146 Å². The Morgan fingerprint density at radius 1 is 1.16 bits per heavy atom. The van der Waals surface area contributed by atoms with Crippen LogP contribution in [0.5, 0.6) is 0 Å². The molecule has 0 aromatic carbocycles. The first-order valence-electron chi connectivity index (χ1n) is 9.28. The third kappa shape index (κ3) is 2.75. The Hall–Kier alpha value is -2.18. The minimum Gasteiger partial charge on any atom is -0.339 e. The second-order valence-corrected chi connectivity index (χ2v) is 7.77. The molecule has 132 valence electrons. The summed E-state index contributed by atoms with van der Waals surface area (Å²) in [6, 6.07) is 0.132. The number of carbonyl (C=O) groups is 2. The van der Waals surface area contributed by atoms with Gasteiger partial charge in [-0.1, -0.05) is 10.7 Å². The molecule has 4 fully saturated rings. The SMILES string of the molecule is O=C(C=C1CCC1)N1CC(N2CC(c3nc(C4CC4)no3)CC2=O)C1. The van der Waals surface area contributed by atoms with Crippen LogP contribution in [-0.2, 0) is 9.59 Å². The molecule has 1 atom stereocenters. The van der Waals surface area contributed by atoms with E-state index in [1.165, 1.54) is 12.0 Å². The molecule has 1 unspecified atom stereocenters.